The number of nitrogens with one attached hydrogen (secondary N) is 1. The molecule has 26 heavy (non-hydrogen) atoms. The van der Waals surface area contributed by atoms with Crippen LogP contribution in [0.5, 0.6) is 0 Å². The largest absolute Gasteiger partial charge is 0.369 e. The summed E-state index contributed by atoms with van der Waals surface area (Å²) in [4.78, 5) is 7.13. The number of benzene rings is 2. The van der Waals surface area contributed by atoms with Gasteiger partial charge in [0, 0.05) is 34.9 Å². The van der Waals surface area contributed by atoms with Gasteiger partial charge in [0.1, 0.15) is 5.82 Å². The number of fused-ring (bicyclic) bond motifs is 5. The summed E-state index contributed by atoms with van der Waals surface area (Å²) in [5.41, 5.74) is 3.34. The van der Waals surface area contributed by atoms with Gasteiger partial charge in [-0.15, -0.1) is 0 Å². The molecule has 5 heteroatoms. The molecule has 0 aliphatic heterocycles. The Labute approximate surface area is 158 Å². The van der Waals surface area contributed by atoms with Crippen LogP contribution in [0.15, 0.2) is 42.5 Å². The van der Waals surface area contributed by atoms with Crippen molar-refractivity contribution in [1.82, 2.24) is 14.5 Å². The van der Waals surface area contributed by atoms with Gasteiger partial charge in [-0.25, -0.2) is 4.98 Å². The van der Waals surface area contributed by atoms with E-state index in [0.29, 0.717) is 0 Å². The van der Waals surface area contributed by atoms with Gasteiger partial charge >= 0.3 is 0 Å². The van der Waals surface area contributed by atoms with Crippen molar-refractivity contribution in [1.29, 1.82) is 0 Å². The third kappa shape index (κ3) is 2.89. The monoisotopic (exact) mass is 366 g/mol. The molecule has 0 unspecified atom stereocenters. The molecule has 2 aromatic heterocycles. The molecule has 2 aromatic carbocycles. The Balaban J connectivity index is 1.94. The van der Waals surface area contributed by atoms with Crippen molar-refractivity contribution < 1.29 is 0 Å². The van der Waals surface area contributed by atoms with E-state index in [4.69, 9.17) is 16.6 Å². The molecular weight excluding hydrogens is 344 g/mol. The van der Waals surface area contributed by atoms with Gasteiger partial charge in [-0.2, -0.15) is 0 Å². The first-order chi connectivity index (χ1) is 12.6. The smallest absolute Gasteiger partial charge is 0.136 e. The van der Waals surface area contributed by atoms with Gasteiger partial charge in [0.15, 0.2) is 0 Å². The van der Waals surface area contributed by atoms with Gasteiger partial charge in [0.25, 0.3) is 0 Å². The van der Waals surface area contributed by atoms with E-state index in [0.717, 1.165) is 41.3 Å². The average Bonchev–Trinajstić information content (AvgIpc) is 2.93. The Morgan fingerprint density at radius 3 is 2.73 bits per heavy atom. The summed E-state index contributed by atoms with van der Waals surface area (Å²) in [7, 11) is 6.31. The number of para-hydroxylation sites is 1. The number of anilines is 1. The fourth-order valence-electron chi connectivity index (χ4n) is 3.65. The van der Waals surface area contributed by atoms with Crippen LogP contribution in [-0.4, -0.2) is 41.6 Å². The highest BCUT2D eigenvalue weighted by Gasteiger charge is 2.16. The number of pyridine rings is 1. The molecule has 0 saturated heterocycles. The third-order valence-electron chi connectivity index (χ3n) is 4.86. The predicted molar refractivity (Wildman–Crippen MR) is 112 cm³/mol. The second-order valence-corrected chi connectivity index (χ2v) is 7.44. The SMILES string of the molecule is CN(C)CCCNc1nc2ccc(Cl)cc2c2c1c1ccccc1n2C. The second kappa shape index (κ2) is 6.78. The molecule has 2 heterocycles. The fraction of sp³-hybridized carbons (Fsp3) is 0.286. The van der Waals surface area contributed by atoms with Crippen LogP contribution in [-0.2, 0) is 7.05 Å². The highest BCUT2D eigenvalue weighted by Crippen LogP contribution is 2.37. The zero-order chi connectivity index (χ0) is 18.3. The summed E-state index contributed by atoms with van der Waals surface area (Å²) >= 11 is 6.28. The quantitative estimate of drug-likeness (QED) is 0.510. The summed E-state index contributed by atoms with van der Waals surface area (Å²) in [6.45, 7) is 1.94. The second-order valence-electron chi connectivity index (χ2n) is 7.01. The molecule has 0 atom stereocenters. The minimum absolute atomic E-state index is 0.734. The summed E-state index contributed by atoms with van der Waals surface area (Å²) in [5, 5.41) is 7.78. The van der Waals surface area contributed by atoms with Crippen molar-refractivity contribution in [3.8, 4) is 0 Å². The van der Waals surface area contributed by atoms with E-state index < -0.39 is 0 Å². The number of hydrogen-bond donors (Lipinski definition) is 1. The fourth-order valence-corrected chi connectivity index (χ4v) is 3.82. The average molecular weight is 367 g/mol. The minimum Gasteiger partial charge on any atom is -0.369 e. The number of nitrogens with zero attached hydrogens (tertiary/aromatic N) is 3. The maximum atomic E-state index is 6.28. The predicted octanol–water partition coefficient (Wildman–Crippen LogP) is 4.90. The highest BCUT2D eigenvalue weighted by molar-refractivity contribution is 6.32. The first kappa shape index (κ1) is 17.1. The first-order valence-electron chi connectivity index (χ1n) is 8.91. The lowest BCUT2D eigenvalue weighted by molar-refractivity contribution is 0.405. The summed E-state index contributed by atoms with van der Waals surface area (Å²) in [5.74, 6) is 0.949. The molecule has 4 rings (SSSR count). The van der Waals surface area contributed by atoms with E-state index in [1.54, 1.807) is 0 Å². The Morgan fingerprint density at radius 2 is 1.92 bits per heavy atom. The van der Waals surface area contributed by atoms with Crippen LogP contribution in [0.3, 0.4) is 0 Å². The van der Waals surface area contributed by atoms with Crippen LogP contribution in [0.25, 0.3) is 32.7 Å². The lowest BCUT2D eigenvalue weighted by atomic mass is 10.1. The summed E-state index contributed by atoms with van der Waals surface area (Å²) in [6, 6.07) is 14.4. The van der Waals surface area contributed by atoms with Crippen molar-refractivity contribution in [2.24, 2.45) is 7.05 Å². The Morgan fingerprint density at radius 1 is 1.12 bits per heavy atom. The van der Waals surface area contributed by atoms with Gasteiger partial charge in [-0.3, -0.25) is 0 Å². The van der Waals surface area contributed by atoms with Crippen molar-refractivity contribution in [3.63, 3.8) is 0 Å². The van der Waals surface area contributed by atoms with Crippen LogP contribution in [0.1, 0.15) is 6.42 Å². The van der Waals surface area contributed by atoms with Crippen LogP contribution >= 0.6 is 11.6 Å². The van der Waals surface area contributed by atoms with E-state index in [-0.39, 0.29) is 0 Å². The van der Waals surface area contributed by atoms with Gasteiger partial charge in [-0.05, 0) is 51.3 Å². The Kier molecular flexibility index (Phi) is 4.47. The molecule has 0 amide bonds. The van der Waals surface area contributed by atoms with Gasteiger partial charge < -0.3 is 14.8 Å². The zero-order valence-electron chi connectivity index (χ0n) is 15.4. The van der Waals surface area contributed by atoms with Gasteiger partial charge in [0.2, 0.25) is 0 Å². The standard InChI is InChI=1S/C21H23ClN4/c1-25(2)12-6-11-23-21-19-15-7-4-5-8-18(15)26(3)20(19)16-13-14(22)9-10-17(16)24-21/h4-5,7-10,13H,6,11-12H2,1-3H3,(H,23,24). The first-order valence-corrected chi connectivity index (χ1v) is 9.29. The van der Waals surface area contributed by atoms with Crippen LogP contribution < -0.4 is 5.32 Å². The van der Waals surface area contributed by atoms with E-state index in [9.17, 15) is 0 Å². The van der Waals surface area contributed by atoms with Crippen molar-refractivity contribution in [3.05, 3.63) is 47.5 Å². The zero-order valence-corrected chi connectivity index (χ0v) is 16.1. The Hall–Kier alpha value is -2.30. The molecule has 1 N–H and O–H groups in total. The van der Waals surface area contributed by atoms with E-state index in [1.165, 1.54) is 21.8 Å². The van der Waals surface area contributed by atoms with Crippen molar-refractivity contribution >= 4 is 50.1 Å². The topological polar surface area (TPSA) is 33.1 Å². The highest BCUT2D eigenvalue weighted by atomic mass is 35.5. The third-order valence-corrected chi connectivity index (χ3v) is 5.10. The molecule has 0 spiro atoms. The van der Waals surface area contributed by atoms with Crippen LogP contribution in [0, 0.1) is 0 Å². The normalized spacial score (nSPS) is 11.9. The minimum atomic E-state index is 0.734. The molecule has 134 valence electrons. The lowest BCUT2D eigenvalue weighted by Gasteiger charge is -2.12. The van der Waals surface area contributed by atoms with E-state index >= 15 is 0 Å². The molecular formula is C21H23ClN4. The van der Waals surface area contributed by atoms with E-state index in [2.05, 4.69) is 60.2 Å². The van der Waals surface area contributed by atoms with Crippen molar-refractivity contribution in [2.75, 3.05) is 32.5 Å². The lowest BCUT2D eigenvalue weighted by Crippen LogP contribution is -2.16. The molecule has 0 radical (unpaired) electrons. The molecule has 4 nitrogen and oxygen atoms in total. The maximum absolute atomic E-state index is 6.28. The molecule has 0 aliphatic carbocycles. The number of rotatable bonds is 5. The molecule has 0 saturated carbocycles. The summed E-state index contributed by atoms with van der Waals surface area (Å²) in [6.07, 6.45) is 1.07. The van der Waals surface area contributed by atoms with E-state index in [1.807, 2.05) is 18.2 Å². The van der Waals surface area contributed by atoms with Crippen molar-refractivity contribution in [2.45, 2.75) is 6.42 Å². The van der Waals surface area contributed by atoms with Crippen LogP contribution in [0.2, 0.25) is 5.02 Å². The number of halogens is 1. The molecule has 0 fully saturated rings. The van der Waals surface area contributed by atoms with Gasteiger partial charge in [0.05, 0.1) is 16.4 Å². The Bertz CT molecular complexity index is 1100. The summed E-state index contributed by atoms with van der Waals surface area (Å²) < 4.78 is 2.25. The van der Waals surface area contributed by atoms with Crippen LogP contribution in [0.4, 0.5) is 5.82 Å². The molecule has 4 aromatic rings. The maximum Gasteiger partial charge on any atom is 0.136 e. The molecule has 0 aliphatic rings. The van der Waals surface area contributed by atoms with Gasteiger partial charge in [-0.1, -0.05) is 29.8 Å². The number of aromatic nitrogens is 2. The molecule has 0 bridgehead atoms. The number of hydrogen-bond acceptors (Lipinski definition) is 3. The number of aryl methyl sites for hydroxylation is 1.